The second-order valence-corrected chi connectivity index (χ2v) is 6.77. The Balaban J connectivity index is 1.66. The second kappa shape index (κ2) is 9.61. The van der Waals surface area contributed by atoms with Crippen molar-refractivity contribution >= 4 is 45.6 Å². The lowest BCUT2D eigenvalue weighted by Crippen LogP contribution is -2.36. The molecule has 0 aromatic heterocycles. The lowest BCUT2D eigenvalue weighted by Gasteiger charge is -2.13. The Morgan fingerprint density at radius 3 is 2.52 bits per heavy atom. The van der Waals surface area contributed by atoms with Crippen molar-refractivity contribution in [2.45, 2.75) is 6.42 Å². The normalized spacial score (nSPS) is 10.2. The van der Waals surface area contributed by atoms with E-state index in [9.17, 15) is 9.59 Å². The molecule has 5 nitrogen and oxygen atoms in total. The van der Waals surface area contributed by atoms with Gasteiger partial charge in [-0.2, -0.15) is 0 Å². The maximum atomic E-state index is 12.5. The van der Waals surface area contributed by atoms with Gasteiger partial charge in [-0.05, 0) is 40.7 Å². The third kappa shape index (κ3) is 5.27. The number of para-hydroxylation sites is 1. The molecule has 0 saturated carbocycles. The van der Waals surface area contributed by atoms with Crippen molar-refractivity contribution in [1.82, 2.24) is 10.6 Å². The minimum absolute atomic E-state index is 0.138. The van der Waals surface area contributed by atoms with Crippen molar-refractivity contribution < 1.29 is 9.59 Å². The van der Waals surface area contributed by atoms with E-state index < -0.39 is 0 Å². The van der Waals surface area contributed by atoms with Crippen LogP contribution in [-0.4, -0.2) is 23.5 Å². The number of hydrogen-bond donors (Lipinski definition) is 3. The SMILES string of the molecule is C=CCNC(=O)c1ccccc1NC(=S)NC(=O)Cc1cccc2ccccc12. The van der Waals surface area contributed by atoms with Crippen molar-refractivity contribution in [3.05, 3.63) is 90.5 Å². The van der Waals surface area contributed by atoms with Crippen LogP contribution in [0.4, 0.5) is 5.69 Å². The first-order valence-electron chi connectivity index (χ1n) is 9.14. The molecular weight excluding hydrogens is 382 g/mol. The molecule has 3 aromatic carbocycles. The highest BCUT2D eigenvalue weighted by Crippen LogP contribution is 2.19. The molecule has 6 heteroatoms. The predicted octanol–water partition coefficient (Wildman–Crippen LogP) is 3.81. The Morgan fingerprint density at radius 2 is 1.69 bits per heavy atom. The molecule has 0 fully saturated rings. The molecule has 0 aliphatic carbocycles. The highest BCUT2D eigenvalue weighted by molar-refractivity contribution is 7.80. The lowest BCUT2D eigenvalue weighted by atomic mass is 10.0. The molecule has 0 unspecified atom stereocenters. The van der Waals surface area contributed by atoms with Crippen LogP contribution < -0.4 is 16.0 Å². The van der Waals surface area contributed by atoms with Gasteiger partial charge in [0.2, 0.25) is 5.91 Å². The van der Waals surface area contributed by atoms with E-state index in [1.54, 1.807) is 30.3 Å². The largest absolute Gasteiger partial charge is 0.349 e. The average molecular weight is 404 g/mol. The number of anilines is 1. The number of carbonyl (C=O) groups excluding carboxylic acids is 2. The van der Waals surface area contributed by atoms with Gasteiger partial charge in [-0.25, -0.2) is 0 Å². The van der Waals surface area contributed by atoms with Gasteiger partial charge >= 0.3 is 0 Å². The molecule has 0 heterocycles. The maximum Gasteiger partial charge on any atom is 0.253 e. The Kier molecular flexibility index (Phi) is 6.71. The van der Waals surface area contributed by atoms with Crippen molar-refractivity contribution in [3.8, 4) is 0 Å². The Hall–Kier alpha value is -3.51. The molecule has 3 rings (SSSR count). The van der Waals surface area contributed by atoms with E-state index in [4.69, 9.17) is 12.2 Å². The summed E-state index contributed by atoms with van der Waals surface area (Å²) in [5, 5.41) is 10.6. The number of benzene rings is 3. The Labute approximate surface area is 174 Å². The molecule has 2 amide bonds. The zero-order valence-electron chi connectivity index (χ0n) is 15.8. The molecule has 0 atom stereocenters. The molecule has 0 saturated heterocycles. The van der Waals surface area contributed by atoms with Gasteiger partial charge in [0, 0.05) is 6.54 Å². The number of carbonyl (C=O) groups is 2. The number of hydrogen-bond acceptors (Lipinski definition) is 3. The molecule has 0 spiro atoms. The maximum absolute atomic E-state index is 12.5. The quantitative estimate of drug-likeness (QED) is 0.432. The summed E-state index contributed by atoms with van der Waals surface area (Å²) in [6.07, 6.45) is 1.80. The molecule has 0 bridgehead atoms. The fourth-order valence-corrected chi connectivity index (χ4v) is 3.22. The van der Waals surface area contributed by atoms with Gasteiger partial charge in [-0.15, -0.1) is 6.58 Å². The topological polar surface area (TPSA) is 70.2 Å². The molecular formula is C23H21N3O2S. The van der Waals surface area contributed by atoms with Crippen LogP contribution >= 0.6 is 12.2 Å². The minimum atomic E-state index is -0.252. The molecule has 146 valence electrons. The smallest absolute Gasteiger partial charge is 0.253 e. The van der Waals surface area contributed by atoms with Crippen LogP contribution in [0, 0.1) is 0 Å². The van der Waals surface area contributed by atoms with Crippen LogP contribution in [0.5, 0.6) is 0 Å². The summed E-state index contributed by atoms with van der Waals surface area (Å²) >= 11 is 5.27. The van der Waals surface area contributed by atoms with Crippen LogP contribution in [0.15, 0.2) is 79.4 Å². The van der Waals surface area contributed by atoms with Gasteiger partial charge in [-0.3, -0.25) is 9.59 Å². The summed E-state index contributed by atoms with van der Waals surface area (Å²) in [6, 6.07) is 20.7. The first kappa shape index (κ1) is 20.2. The standard InChI is InChI=1S/C23H21N3O2S/c1-2-14-24-22(28)19-12-5-6-13-20(19)25-23(29)26-21(27)15-17-10-7-9-16-8-3-4-11-18(16)17/h2-13H,1,14-15H2,(H,24,28)(H2,25,26,27,29). The van der Waals surface area contributed by atoms with Gasteiger partial charge in [0.25, 0.3) is 5.91 Å². The number of nitrogens with one attached hydrogen (secondary N) is 3. The minimum Gasteiger partial charge on any atom is -0.349 e. The second-order valence-electron chi connectivity index (χ2n) is 6.36. The number of rotatable bonds is 6. The van der Waals surface area contributed by atoms with Crippen molar-refractivity contribution in [2.24, 2.45) is 0 Å². The van der Waals surface area contributed by atoms with Gasteiger partial charge < -0.3 is 16.0 Å². The highest BCUT2D eigenvalue weighted by atomic mass is 32.1. The molecule has 3 N–H and O–H groups in total. The Bertz CT molecular complexity index is 1070. The third-order valence-electron chi connectivity index (χ3n) is 4.31. The Morgan fingerprint density at radius 1 is 0.966 bits per heavy atom. The van der Waals surface area contributed by atoms with Crippen molar-refractivity contribution in [3.63, 3.8) is 0 Å². The summed E-state index contributed by atoms with van der Waals surface area (Å²) in [7, 11) is 0. The summed E-state index contributed by atoms with van der Waals surface area (Å²) in [5.41, 5.74) is 1.87. The van der Waals surface area contributed by atoms with Gasteiger partial charge in [0.15, 0.2) is 5.11 Å². The molecule has 29 heavy (non-hydrogen) atoms. The predicted molar refractivity (Wildman–Crippen MR) is 121 cm³/mol. The van der Waals surface area contributed by atoms with E-state index in [0.29, 0.717) is 17.8 Å². The van der Waals surface area contributed by atoms with E-state index in [0.717, 1.165) is 16.3 Å². The third-order valence-corrected chi connectivity index (χ3v) is 4.51. The fourth-order valence-electron chi connectivity index (χ4n) is 2.99. The van der Waals surface area contributed by atoms with Crippen LogP contribution in [0.25, 0.3) is 10.8 Å². The zero-order chi connectivity index (χ0) is 20.6. The first-order valence-corrected chi connectivity index (χ1v) is 9.55. The summed E-state index contributed by atoms with van der Waals surface area (Å²) < 4.78 is 0. The molecule has 0 radical (unpaired) electrons. The first-order chi connectivity index (χ1) is 14.1. The number of fused-ring (bicyclic) bond motifs is 1. The van der Waals surface area contributed by atoms with E-state index >= 15 is 0 Å². The highest BCUT2D eigenvalue weighted by Gasteiger charge is 2.13. The average Bonchev–Trinajstić information content (AvgIpc) is 2.72. The summed E-state index contributed by atoms with van der Waals surface area (Å²) in [5.74, 6) is -0.481. The number of amides is 2. The molecule has 0 aliphatic rings. The zero-order valence-corrected chi connectivity index (χ0v) is 16.6. The number of thiocarbonyl (C=S) groups is 1. The van der Waals surface area contributed by atoms with E-state index in [1.807, 2.05) is 42.5 Å². The van der Waals surface area contributed by atoms with Crippen LogP contribution in [-0.2, 0) is 11.2 Å². The van der Waals surface area contributed by atoms with E-state index in [2.05, 4.69) is 22.5 Å². The van der Waals surface area contributed by atoms with Crippen LogP contribution in [0.2, 0.25) is 0 Å². The monoisotopic (exact) mass is 403 g/mol. The van der Waals surface area contributed by atoms with Gasteiger partial charge in [-0.1, -0.05) is 60.7 Å². The van der Waals surface area contributed by atoms with Gasteiger partial charge in [0.05, 0.1) is 17.7 Å². The van der Waals surface area contributed by atoms with Crippen LogP contribution in [0.1, 0.15) is 15.9 Å². The van der Waals surface area contributed by atoms with Crippen molar-refractivity contribution in [1.29, 1.82) is 0 Å². The van der Waals surface area contributed by atoms with E-state index in [1.165, 1.54) is 0 Å². The van der Waals surface area contributed by atoms with Crippen molar-refractivity contribution in [2.75, 3.05) is 11.9 Å². The summed E-state index contributed by atoms with van der Waals surface area (Å²) in [4.78, 5) is 24.8. The summed E-state index contributed by atoms with van der Waals surface area (Å²) in [6.45, 7) is 3.94. The fraction of sp³-hybridized carbons (Fsp3) is 0.0870. The molecule has 3 aromatic rings. The lowest BCUT2D eigenvalue weighted by molar-refractivity contribution is -0.119. The van der Waals surface area contributed by atoms with E-state index in [-0.39, 0.29) is 23.3 Å². The molecule has 0 aliphatic heterocycles. The van der Waals surface area contributed by atoms with Gasteiger partial charge in [0.1, 0.15) is 0 Å². The van der Waals surface area contributed by atoms with Crippen LogP contribution in [0.3, 0.4) is 0 Å².